The molecular weight excluding hydrogens is 417 g/mol. The van der Waals surface area contributed by atoms with Gasteiger partial charge < -0.3 is 23.5 Å². The van der Waals surface area contributed by atoms with Gasteiger partial charge in [-0.05, 0) is 38.3 Å². The van der Waals surface area contributed by atoms with E-state index in [4.69, 9.17) is 18.9 Å². The molecule has 1 saturated carbocycles. The lowest BCUT2D eigenvalue weighted by atomic mass is 9.93. The highest BCUT2D eigenvalue weighted by Crippen LogP contribution is 2.48. The normalized spacial score (nSPS) is 16.7. The molecule has 0 radical (unpaired) electrons. The van der Waals surface area contributed by atoms with Gasteiger partial charge in [0.05, 0.1) is 18.9 Å². The number of pyridine rings is 1. The first-order valence-electron chi connectivity index (χ1n) is 11.1. The van der Waals surface area contributed by atoms with Gasteiger partial charge in [-0.15, -0.1) is 0 Å². The van der Waals surface area contributed by atoms with Crippen molar-refractivity contribution in [3.63, 3.8) is 0 Å². The number of fused-ring (bicyclic) bond motifs is 3. The Morgan fingerprint density at radius 3 is 2.66 bits per heavy atom. The summed E-state index contributed by atoms with van der Waals surface area (Å²) < 4.78 is 38.4. The van der Waals surface area contributed by atoms with Crippen LogP contribution in [-0.2, 0) is 9.47 Å². The number of halogens is 1. The minimum absolute atomic E-state index is 0.0124. The number of aromatic nitrogens is 1. The Balaban J connectivity index is 1.84. The van der Waals surface area contributed by atoms with Crippen molar-refractivity contribution in [1.82, 2.24) is 4.57 Å². The van der Waals surface area contributed by atoms with E-state index in [1.807, 2.05) is 6.92 Å². The predicted molar refractivity (Wildman–Crippen MR) is 116 cm³/mol. The minimum Gasteiger partial charge on any atom is -0.490 e. The standard InChI is InChI=1S/C24H28FNO6/c1-4-19-15-11-17(24(28)30-5-2)23(27)26(14-7-8-14)22(15)16-12-18(25)21(13-20(16)32-19)31-10-6-9-29-3/h11-14,19H,4-10H2,1-3H3. The molecule has 0 saturated heterocycles. The molecule has 7 nitrogen and oxygen atoms in total. The fourth-order valence-corrected chi connectivity index (χ4v) is 4.06. The number of nitrogens with zero attached hydrogens (tertiary/aromatic N) is 1. The molecule has 0 amide bonds. The van der Waals surface area contributed by atoms with Crippen LogP contribution in [0.1, 0.15) is 67.6 Å². The van der Waals surface area contributed by atoms with Gasteiger partial charge in [-0.25, -0.2) is 9.18 Å². The van der Waals surface area contributed by atoms with Gasteiger partial charge in [0.2, 0.25) is 0 Å². The third-order valence-corrected chi connectivity index (χ3v) is 5.70. The van der Waals surface area contributed by atoms with Gasteiger partial charge in [0.1, 0.15) is 17.4 Å². The SMILES string of the molecule is CCOC(=O)c1cc2c(n(C3CC3)c1=O)-c1cc(F)c(OCCCOC)cc1OC2CC. The van der Waals surface area contributed by atoms with E-state index in [9.17, 15) is 14.0 Å². The van der Waals surface area contributed by atoms with Gasteiger partial charge >= 0.3 is 5.97 Å². The highest BCUT2D eigenvalue weighted by Gasteiger charge is 2.37. The monoisotopic (exact) mass is 445 g/mol. The highest BCUT2D eigenvalue weighted by atomic mass is 19.1. The predicted octanol–water partition coefficient (Wildman–Crippen LogP) is 4.42. The number of benzene rings is 1. The van der Waals surface area contributed by atoms with E-state index < -0.39 is 17.3 Å². The Labute approximate surface area is 186 Å². The average Bonchev–Trinajstić information content (AvgIpc) is 3.61. The summed E-state index contributed by atoms with van der Waals surface area (Å²) in [4.78, 5) is 25.8. The summed E-state index contributed by atoms with van der Waals surface area (Å²) in [5, 5.41) is 0. The lowest BCUT2D eigenvalue weighted by Gasteiger charge is -2.31. The highest BCUT2D eigenvalue weighted by molar-refractivity contribution is 5.90. The first kappa shape index (κ1) is 22.3. The largest absolute Gasteiger partial charge is 0.490 e. The zero-order chi connectivity index (χ0) is 22.8. The fraction of sp³-hybridized carbons (Fsp3) is 0.500. The molecule has 0 bridgehead atoms. The van der Waals surface area contributed by atoms with Crippen LogP contribution in [0.4, 0.5) is 4.39 Å². The smallest absolute Gasteiger partial charge is 0.343 e. The van der Waals surface area contributed by atoms with Crippen LogP contribution in [0.3, 0.4) is 0 Å². The lowest BCUT2D eigenvalue weighted by Crippen LogP contribution is -2.31. The van der Waals surface area contributed by atoms with Crippen LogP contribution >= 0.6 is 0 Å². The maximum atomic E-state index is 14.9. The number of hydrogen-bond acceptors (Lipinski definition) is 6. The Bertz CT molecular complexity index is 1080. The van der Waals surface area contributed by atoms with Crippen LogP contribution < -0.4 is 15.0 Å². The average molecular weight is 445 g/mol. The second kappa shape index (κ2) is 9.32. The van der Waals surface area contributed by atoms with E-state index in [1.165, 1.54) is 6.07 Å². The van der Waals surface area contributed by atoms with E-state index in [2.05, 4.69) is 0 Å². The third-order valence-electron chi connectivity index (χ3n) is 5.70. The summed E-state index contributed by atoms with van der Waals surface area (Å²) in [6, 6.07) is 4.43. The molecule has 1 aliphatic heterocycles. The molecule has 32 heavy (non-hydrogen) atoms. The van der Waals surface area contributed by atoms with Crippen molar-refractivity contribution in [2.75, 3.05) is 26.9 Å². The summed E-state index contributed by atoms with van der Waals surface area (Å²) in [6.45, 7) is 4.66. The number of carbonyl (C=O) groups is 1. The molecular formula is C24H28FNO6. The van der Waals surface area contributed by atoms with Crippen LogP contribution in [0, 0.1) is 5.82 Å². The number of hydrogen-bond donors (Lipinski definition) is 0. The second-order valence-electron chi connectivity index (χ2n) is 7.98. The molecule has 1 aromatic heterocycles. The van der Waals surface area contributed by atoms with Crippen molar-refractivity contribution in [3.8, 4) is 22.8 Å². The van der Waals surface area contributed by atoms with E-state index in [1.54, 1.807) is 30.7 Å². The quantitative estimate of drug-likeness (QED) is 0.420. The molecule has 1 fully saturated rings. The fourth-order valence-electron chi connectivity index (χ4n) is 4.06. The molecule has 2 aliphatic rings. The zero-order valence-electron chi connectivity index (χ0n) is 18.6. The summed E-state index contributed by atoms with van der Waals surface area (Å²) >= 11 is 0. The second-order valence-corrected chi connectivity index (χ2v) is 7.98. The molecule has 0 spiro atoms. The first-order chi connectivity index (χ1) is 15.5. The van der Waals surface area contributed by atoms with Crippen molar-refractivity contribution in [2.24, 2.45) is 0 Å². The van der Waals surface area contributed by atoms with Crippen LogP contribution in [0.5, 0.6) is 11.5 Å². The molecule has 172 valence electrons. The van der Waals surface area contributed by atoms with Crippen LogP contribution in [0.25, 0.3) is 11.3 Å². The van der Waals surface area contributed by atoms with E-state index in [0.717, 1.165) is 12.8 Å². The van der Waals surface area contributed by atoms with Gasteiger partial charge in [-0.1, -0.05) is 6.92 Å². The molecule has 2 heterocycles. The Kier molecular flexibility index (Phi) is 6.50. The first-order valence-corrected chi connectivity index (χ1v) is 11.1. The topological polar surface area (TPSA) is 76.0 Å². The van der Waals surface area contributed by atoms with E-state index >= 15 is 0 Å². The van der Waals surface area contributed by atoms with Crippen molar-refractivity contribution in [2.45, 2.75) is 51.7 Å². The van der Waals surface area contributed by atoms with Gasteiger partial charge in [-0.2, -0.15) is 0 Å². The molecule has 1 aliphatic carbocycles. The van der Waals surface area contributed by atoms with Crippen molar-refractivity contribution in [1.29, 1.82) is 0 Å². The van der Waals surface area contributed by atoms with Gasteiger partial charge in [0.15, 0.2) is 11.6 Å². The van der Waals surface area contributed by atoms with Gasteiger partial charge in [0.25, 0.3) is 5.56 Å². The molecule has 2 aromatic rings. The maximum Gasteiger partial charge on any atom is 0.343 e. The van der Waals surface area contributed by atoms with Crippen molar-refractivity contribution < 1.29 is 28.1 Å². The molecule has 1 atom stereocenters. The molecule has 4 rings (SSSR count). The Morgan fingerprint density at radius 2 is 2.00 bits per heavy atom. The van der Waals surface area contributed by atoms with E-state index in [0.29, 0.717) is 48.6 Å². The van der Waals surface area contributed by atoms with Crippen molar-refractivity contribution in [3.05, 3.63) is 45.5 Å². The maximum absolute atomic E-state index is 14.9. The summed E-state index contributed by atoms with van der Waals surface area (Å²) in [7, 11) is 1.60. The minimum atomic E-state index is -0.652. The van der Waals surface area contributed by atoms with E-state index in [-0.39, 0.29) is 30.1 Å². The number of rotatable bonds is 9. The Morgan fingerprint density at radius 1 is 1.22 bits per heavy atom. The van der Waals surface area contributed by atoms with Crippen LogP contribution in [0.2, 0.25) is 0 Å². The molecule has 1 unspecified atom stereocenters. The molecule has 0 N–H and O–H groups in total. The zero-order valence-corrected chi connectivity index (χ0v) is 18.6. The molecule has 8 heteroatoms. The third kappa shape index (κ3) is 4.11. The summed E-state index contributed by atoms with van der Waals surface area (Å²) in [5.41, 5.74) is 1.38. The summed E-state index contributed by atoms with van der Waals surface area (Å²) in [5.74, 6) is -0.622. The Hall–Kier alpha value is -2.87. The van der Waals surface area contributed by atoms with Crippen LogP contribution in [-0.4, -0.2) is 37.5 Å². The van der Waals surface area contributed by atoms with Crippen molar-refractivity contribution >= 4 is 5.97 Å². The number of methoxy groups -OCH3 is 1. The number of ether oxygens (including phenoxy) is 4. The number of esters is 1. The van der Waals surface area contributed by atoms with Gasteiger partial charge in [-0.3, -0.25) is 4.79 Å². The lowest BCUT2D eigenvalue weighted by molar-refractivity contribution is 0.0523. The van der Waals surface area contributed by atoms with Crippen LogP contribution in [0.15, 0.2) is 23.0 Å². The molecule has 1 aromatic carbocycles. The number of carbonyl (C=O) groups excluding carboxylic acids is 1. The summed E-state index contributed by atoms with van der Waals surface area (Å²) in [6.07, 6.45) is 2.51. The van der Waals surface area contributed by atoms with Gasteiger partial charge in [0, 0.05) is 43.4 Å².